The molecule has 0 atom stereocenters. The molecule has 0 radical (unpaired) electrons. The van der Waals surface area contributed by atoms with E-state index in [0.717, 1.165) is 0 Å². The third kappa shape index (κ3) is 2.65. The van der Waals surface area contributed by atoms with Crippen LogP contribution in [0, 0.1) is 0 Å². The number of rotatable bonds is 6. The van der Waals surface area contributed by atoms with Gasteiger partial charge in [-0.1, -0.05) is 57.0 Å². The summed E-state index contributed by atoms with van der Waals surface area (Å²) in [4.78, 5) is 2.40. The first-order valence-electron chi connectivity index (χ1n) is 6.40. The molecular weight excluding hydrogens is 194 g/mol. The van der Waals surface area contributed by atoms with E-state index in [-0.39, 0.29) is 5.54 Å². The maximum absolute atomic E-state index is 2.40. The molecule has 0 saturated carbocycles. The van der Waals surface area contributed by atoms with E-state index in [0.29, 0.717) is 0 Å². The highest BCUT2D eigenvalue weighted by atomic mass is 15.1. The van der Waals surface area contributed by atoms with Crippen molar-refractivity contribution in [3.8, 4) is 0 Å². The van der Waals surface area contributed by atoms with Crippen LogP contribution in [0.25, 0.3) is 0 Å². The number of hydrogen-bond acceptors (Lipinski definition) is 1. The van der Waals surface area contributed by atoms with Gasteiger partial charge < -0.3 is 0 Å². The quantitative estimate of drug-likeness (QED) is 0.698. The van der Waals surface area contributed by atoms with Gasteiger partial charge in [-0.25, -0.2) is 0 Å². The van der Waals surface area contributed by atoms with Gasteiger partial charge in [0.2, 0.25) is 0 Å². The minimum Gasteiger partial charge on any atom is -0.300 e. The van der Waals surface area contributed by atoms with E-state index in [1.54, 1.807) is 0 Å². The van der Waals surface area contributed by atoms with Crippen LogP contribution in [0.15, 0.2) is 30.3 Å². The molecular formula is C15H25N. The molecule has 0 unspecified atom stereocenters. The Kier molecular flexibility index (Phi) is 5.01. The minimum atomic E-state index is 0.227. The van der Waals surface area contributed by atoms with Crippen molar-refractivity contribution in [2.24, 2.45) is 0 Å². The molecule has 1 heteroatoms. The fourth-order valence-corrected chi connectivity index (χ4v) is 2.69. The predicted molar refractivity (Wildman–Crippen MR) is 71.6 cm³/mol. The highest BCUT2D eigenvalue weighted by Crippen LogP contribution is 2.36. The summed E-state index contributed by atoms with van der Waals surface area (Å²) in [5, 5.41) is 0. The molecule has 0 bridgehead atoms. The van der Waals surface area contributed by atoms with Gasteiger partial charge in [-0.15, -0.1) is 0 Å². The molecule has 1 rings (SSSR count). The van der Waals surface area contributed by atoms with Gasteiger partial charge in [0, 0.05) is 5.54 Å². The van der Waals surface area contributed by atoms with Gasteiger partial charge in [-0.05, 0) is 32.5 Å². The summed E-state index contributed by atoms with van der Waals surface area (Å²) in [6.45, 7) is 4.55. The normalized spacial score (nSPS) is 12.1. The largest absolute Gasteiger partial charge is 0.300 e. The third-order valence-electron chi connectivity index (χ3n) is 3.49. The summed E-state index contributed by atoms with van der Waals surface area (Å²) in [5.74, 6) is 0. The summed E-state index contributed by atoms with van der Waals surface area (Å²) < 4.78 is 0. The van der Waals surface area contributed by atoms with Gasteiger partial charge in [0.25, 0.3) is 0 Å². The zero-order valence-corrected chi connectivity index (χ0v) is 11.2. The molecule has 0 aliphatic rings. The maximum atomic E-state index is 2.40. The zero-order valence-electron chi connectivity index (χ0n) is 11.2. The van der Waals surface area contributed by atoms with E-state index in [4.69, 9.17) is 0 Å². The summed E-state index contributed by atoms with van der Waals surface area (Å²) in [6.07, 6.45) is 4.93. The fourth-order valence-electron chi connectivity index (χ4n) is 2.69. The number of nitrogens with zero attached hydrogens (tertiary/aromatic N) is 1. The van der Waals surface area contributed by atoms with Gasteiger partial charge in [0.15, 0.2) is 0 Å². The van der Waals surface area contributed by atoms with E-state index in [1.807, 2.05) is 0 Å². The standard InChI is InChI=1S/C15H25N/c1-5-12-15(13-6-2,16(3)4)14-10-8-7-9-11-14/h7-11H,5-6,12-13H2,1-4H3. The van der Waals surface area contributed by atoms with E-state index in [2.05, 4.69) is 63.2 Å². The van der Waals surface area contributed by atoms with Crippen LogP contribution in [0.4, 0.5) is 0 Å². The Morgan fingerprint density at radius 1 is 0.938 bits per heavy atom. The maximum Gasteiger partial charge on any atom is 0.0454 e. The molecule has 16 heavy (non-hydrogen) atoms. The van der Waals surface area contributed by atoms with Crippen LogP contribution in [0.5, 0.6) is 0 Å². The topological polar surface area (TPSA) is 3.24 Å². The predicted octanol–water partition coefficient (Wildman–Crippen LogP) is 4.04. The van der Waals surface area contributed by atoms with Gasteiger partial charge in [0.05, 0.1) is 0 Å². The van der Waals surface area contributed by atoms with Crippen molar-refractivity contribution >= 4 is 0 Å². The second kappa shape index (κ2) is 6.05. The average molecular weight is 219 g/mol. The Labute approximate surface area is 100 Å². The van der Waals surface area contributed by atoms with Gasteiger partial charge in [0.1, 0.15) is 0 Å². The van der Waals surface area contributed by atoms with Crippen LogP contribution in [-0.4, -0.2) is 19.0 Å². The Morgan fingerprint density at radius 3 is 1.81 bits per heavy atom. The number of benzene rings is 1. The molecule has 0 heterocycles. The van der Waals surface area contributed by atoms with E-state index >= 15 is 0 Å². The van der Waals surface area contributed by atoms with Crippen molar-refractivity contribution < 1.29 is 0 Å². The van der Waals surface area contributed by atoms with Crippen molar-refractivity contribution in [2.75, 3.05) is 14.1 Å². The van der Waals surface area contributed by atoms with E-state index in [1.165, 1.54) is 31.2 Å². The van der Waals surface area contributed by atoms with Crippen LogP contribution in [-0.2, 0) is 5.54 Å². The highest BCUT2D eigenvalue weighted by Gasteiger charge is 2.32. The van der Waals surface area contributed by atoms with E-state index in [9.17, 15) is 0 Å². The first-order chi connectivity index (χ1) is 7.67. The van der Waals surface area contributed by atoms with Crippen molar-refractivity contribution in [1.82, 2.24) is 4.90 Å². The second-order valence-electron chi connectivity index (χ2n) is 4.79. The molecule has 0 fully saturated rings. The third-order valence-corrected chi connectivity index (χ3v) is 3.49. The molecule has 0 aliphatic carbocycles. The SMILES string of the molecule is CCCC(CCC)(c1ccccc1)N(C)C. The Morgan fingerprint density at radius 2 is 1.44 bits per heavy atom. The molecule has 0 amide bonds. The van der Waals surface area contributed by atoms with Crippen LogP contribution in [0.3, 0.4) is 0 Å². The number of hydrogen-bond donors (Lipinski definition) is 0. The molecule has 1 nitrogen and oxygen atoms in total. The summed E-state index contributed by atoms with van der Waals surface area (Å²) >= 11 is 0. The van der Waals surface area contributed by atoms with E-state index < -0.39 is 0 Å². The lowest BCUT2D eigenvalue weighted by Crippen LogP contribution is -2.41. The first kappa shape index (κ1) is 13.2. The highest BCUT2D eigenvalue weighted by molar-refractivity contribution is 5.24. The second-order valence-corrected chi connectivity index (χ2v) is 4.79. The van der Waals surface area contributed by atoms with Crippen LogP contribution < -0.4 is 0 Å². The lowest BCUT2D eigenvalue weighted by Gasteiger charge is -2.40. The summed E-state index contributed by atoms with van der Waals surface area (Å²) in [5.41, 5.74) is 1.69. The molecule has 0 saturated heterocycles. The Bertz CT molecular complexity index is 284. The molecule has 1 aromatic carbocycles. The van der Waals surface area contributed by atoms with Crippen molar-refractivity contribution in [1.29, 1.82) is 0 Å². The summed E-state index contributed by atoms with van der Waals surface area (Å²) in [7, 11) is 4.41. The molecule has 0 N–H and O–H groups in total. The molecule has 0 aromatic heterocycles. The lowest BCUT2D eigenvalue weighted by molar-refractivity contribution is 0.123. The lowest BCUT2D eigenvalue weighted by atomic mass is 9.80. The van der Waals surface area contributed by atoms with Crippen LogP contribution in [0.2, 0.25) is 0 Å². The van der Waals surface area contributed by atoms with Gasteiger partial charge in [-0.2, -0.15) is 0 Å². The molecule has 90 valence electrons. The summed E-state index contributed by atoms with van der Waals surface area (Å²) in [6, 6.07) is 10.9. The molecule has 1 aromatic rings. The van der Waals surface area contributed by atoms with Crippen LogP contribution in [0.1, 0.15) is 45.1 Å². The average Bonchev–Trinajstić information content (AvgIpc) is 2.29. The Balaban J connectivity index is 3.10. The van der Waals surface area contributed by atoms with Crippen LogP contribution >= 0.6 is 0 Å². The minimum absolute atomic E-state index is 0.227. The smallest absolute Gasteiger partial charge is 0.0454 e. The monoisotopic (exact) mass is 219 g/mol. The molecule has 0 spiro atoms. The van der Waals surface area contributed by atoms with Gasteiger partial charge in [-0.3, -0.25) is 4.90 Å². The first-order valence-corrected chi connectivity index (χ1v) is 6.40. The zero-order chi connectivity index (χ0) is 12.0. The fraction of sp³-hybridized carbons (Fsp3) is 0.600. The molecule has 0 aliphatic heterocycles. The van der Waals surface area contributed by atoms with Crippen molar-refractivity contribution in [3.63, 3.8) is 0 Å². The van der Waals surface area contributed by atoms with Crippen molar-refractivity contribution in [2.45, 2.75) is 45.1 Å². The Hall–Kier alpha value is -0.820. The van der Waals surface area contributed by atoms with Gasteiger partial charge >= 0.3 is 0 Å². The van der Waals surface area contributed by atoms with Crippen molar-refractivity contribution in [3.05, 3.63) is 35.9 Å².